The number of carboxylic acids is 1. The topological polar surface area (TPSA) is 102 Å². The van der Waals surface area contributed by atoms with E-state index in [1.165, 1.54) is 22.5 Å². The van der Waals surface area contributed by atoms with E-state index in [2.05, 4.69) is 0 Å². The lowest BCUT2D eigenvalue weighted by Crippen LogP contribution is -2.42. The molecule has 0 aliphatic carbocycles. The Kier molecular flexibility index (Phi) is 6.12. The smallest absolute Gasteiger partial charge is 0.417 e. The van der Waals surface area contributed by atoms with E-state index in [0.717, 1.165) is 33.7 Å². The van der Waals surface area contributed by atoms with Gasteiger partial charge >= 0.3 is 17.8 Å². The second-order valence-electron chi connectivity index (χ2n) is 7.12. The fourth-order valence-electron chi connectivity index (χ4n) is 3.36. The zero-order valence-electron chi connectivity index (χ0n) is 17.0. The van der Waals surface area contributed by atoms with Crippen molar-refractivity contribution in [2.75, 3.05) is 11.4 Å². The van der Waals surface area contributed by atoms with E-state index in [9.17, 15) is 36.9 Å². The molecule has 34 heavy (non-hydrogen) atoms. The van der Waals surface area contributed by atoms with Crippen LogP contribution in [-0.2, 0) is 22.7 Å². The molecule has 1 aliphatic heterocycles. The summed E-state index contributed by atoms with van der Waals surface area (Å²) in [6, 6.07) is 7.58. The number of rotatable bonds is 4. The number of carboxylic acid groups (broad SMARTS) is 1. The molecule has 1 aliphatic rings. The molecule has 0 saturated carbocycles. The zero-order valence-corrected chi connectivity index (χ0v) is 19.4. The highest BCUT2D eigenvalue weighted by Gasteiger charge is 2.34. The van der Waals surface area contributed by atoms with Crippen LogP contribution in [0.3, 0.4) is 0 Å². The molecule has 1 atom stereocenters. The Hall–Kier alpha value is -3.03. The first-order chi connectivity index (χ1) is 15.9. The number of aromatic carboxylic acids is 1. The zero-order chi connectivity index (χ0) is 24.9. The molecule has 14 heteroatoms. The lowest BCUT2D eigenvalue weighted by atomic mass is 10.1. The molecular formula is C20H13ClF3N3O5S2. The number of anilines is 1. The number of hydrogen-bond donors (Lipinski definition) is 1. The van der Waals surface area contributed by atoms with Crippen molar-refractivity contribution >= 4 is 44.1 Å². The second-order valence-corrected chi connectivity index (χ2v) is 10.4. The molecule has 0 amide bonds. The average Bonchev–Trinajstić information content (AvgIpc) is 3.04. The number of carbonyl (C=O) groups is 1. The minimum atomic E-state index is -4.77. The Bertz CT molecular complexity index is 1490. The van der Waals surface area contributed by atoms with Crippen LogP contribution in [0.4, 0.5) is 18.9 Å². The summed E-state index contributed by atoms with van der Waals surface area (Å²) in [6.45, 7) is -0.687. The first kappa shape index (κ1) is 24.1. The van der Waals surface area contributed by atoms with Gasteiger partial charge in [-0.1, -0.05) is 23.7 Å². The third-order valence-corrected chi connectivity index (χ3v) is 8.44. The summed E-state index contributed by atoms with van der Waals surface area (Å²) in [7, 11) is 1.24. The van der Waals surface area contributed by atoms with Crippen molar-refractivity contribution in [1.29, 1.82) is 0 Å². The third kappa shape index (κ3) is 4.14. The van der Waals surface area contributed by atoms with Crippen LogP contribution in [0.2, 0.25) is 5.02 Å². The fraction of sp³-hybridized carbons (Fsp3) is 0.150. The Morgan fingerprint density at radius 2 is 1.91 bits per heavy atom. The summed E-state index contributed by atoms with van der Waals surface area (Å²) < 4.78 is 54.6. The molecule has 1 aromatic heterocycles. The molecule has 0 bridgehead atoms. The summed E-state index contributed by atoms with van der Waals surface area (Å²) in [5.41, 5.74) is -3.48. The molecule has 178 valence electrons. The minimum absolute atomic E-state index is 0.176. The molecule has 0 spiro atoms. The van der Waals surface area contributed by atoms with Crippen LogP contribution in [0.1, 0.15) is 21.5 Å². The molecule has 8 nitrogen and oxygen atoms in total. The van der Waals surface area contributed by atoms with Crippen molar-refractivity contribution < 1.29 is 27.3 Å². The summed E-state index contributed by atoms with van der Waals surface area (Å²) in [6.07, 6.45) is -3.92. The highest BCUT2D eigenvalue weighted by atomic mass is 35.5. The van der Waals surface area contributed by atoms with Crippen LogP contribution in [0.25, 0.3) is 5.69 Å². The highest BCUT2D eigenvalue weighted by Crippen LogP contribution is 2.42. The second kappa shape index (κ2) is 8.64. The maximum absolute atomic E-state index is 13.2. The Labute approximate surface area is 200 Å². The predicted molar refractivity (Wildman–Crippen MR) is 121 cm³/mol. The summed E-state index contributed by atoms with van der Waals surface area (Å²) >= 11 is 5.90. The van der Waals surface area contributed by atoms with Crippen molar-refractivity contribution in [3.05, 3.63) is 85.1 Å². The first-order valence-corrected chi connectivity index (χ1v) is 12.1. The predicted octanol–water partition coefficient (Wildman–Crippen LogP) is 3.54. The van der Waals surface area contributed by atoms with E-state index in [4.69, 9.17) is 11.6 Å². The van der Waals surface area contributed by atoms with Crippen LogP contribution < -0.4 is 15.6 Å². The van der Waals surface area contributed by atoms with E-state index >= 15 is 0 Å². The van der Waals surface area contributed by atoms with Crippen LogP contribution in [0, 0.1) is 0 Å². The average molecular weight is 532 g/mol. The maximum atomic E-state index is 13.2. The van der Waals surface area contributed by atoms with Crippen molar-refractivity contribution in [2.45, 2.75) is 17.6 Å². The van der Waals surface area contributed by atoms with E-state index in [0.29, 0.717) is 15.1 Å². The normalized spacial score (nSPS) is 15.4. The first-order valence-electron chi connectivity index (χ1n) is 9.33. The summed E-state index contributed by atoms with van der Waals surface area (Å²) in [5.74, 6) is -1.63. The van der Waals surface area contributed by atoms with E-state index < -0.39 is 56.1 Å². The van der Waals surface area contributed by atoms with Crippen LogP contribution in [-0.4, -0.2) is 31.5 Å². The van der Waals surface area contributed by atoms with Gasteiger partial charge in [0.25, 0.3) is 5.56 Å². The Morgan fingerprint density at radius 3 is 2.56 bits per heavy atom. The molecule has 1 N–H and O–H groups in total. The van der Waals surface area contributed by atoms with Gasteiger partial charge in [0.15, 0.2) is 10.0 Å². The van der Waals surface area contributed by atoms with Gasteiger partial charge < -0.3 is 5.11 Å². The van der Waals surface area contributed by atoms with Gasteiger partial charge in [-0.3, -0.25) is 18.2 Å². The van der Waals surface area contributed by atoms with Crippen LogP contribution in [0.15, 0.2) is 57.1 Å². The van der Waals surface area contributed by atoms with Crippen LogP contribution in [0.5, 0.6) is 0 Å². The van der Waals surface area contributed by atoms with Crippen molar-refractivity contribution in [3.63, 3.8) is 0 Å². The number of nitrogens with zero attached hydrogens (tertiary/aromatic N) is 3. The van der Waals surface area contributed by atoms with Crippen LogP contribution >= 0.6 is 22.4 Å². The lowest BCUT2D eigenvalue weighted by Gasteiger charge is -2.15. The number of halogens is 4. The third-order valence-electron chi connectivity index (χ3n) is 5.06. The Balaban J connectivity index is 1.89. The van der Waals surface area contributed by atoms with Gasteiger partial charge in [0.05, 0.1) is 28.5 Å². The van der Waals surface area contributed by atoms with Gasteiger partial charge in [0.1, 0.15) is 5.56 Å². The van der Waals surface area contributed by atoms with E-state index in [1.807, 2.05) is 0 Å². The van der Waals surface area contributed by atoms with Gasteiger partial charge in [-0.05, 0) is 40.6 Å². The Morgan fingerprint density at radius 1 is 1.21 bits per heavy atom. The van der Waals surface area contributed by atoms with Gasteiger partial charge in [0, 0.05) is 18.1 Å². The fourth-order valence-corrected chi connectivity index (χ4v) is 6.19. The minimum Gasteiger partial charge on any atom is -0.477 e. The SMILES string of the molecule is CN1c2ccc(-n3cc(C(=O)O)c(=O)n(Cc4cccc(C(F)(F)F)c4Cl)c3=O)cc2SS1=O. The number of hydrogen-bond acceptors (Lipinski definition) is 5. The molecule has 2 aromatic carbocycles. The van der Waals surface area contributed by atoms with E-state index in [-0.39, 0.29) is 11.3 Å². The molecule has 4 rings (SSSR count). The quantitative estimate of drug-likeness (QED) is 0.517. The molecule has 3 aromatic rings. The van der Waals surface area contributed by atoms with Gasteiger partial charge in [0.2, 0.25) is 0 Å². The highest BCUT2D eigenvalue weighted by molar-refractivity contribution is 8.70. The van der Waals surface area contributed by atoms with Gasteiger partial charge in [-0.25, -0.2) is 13.8 Å². The summed E-state index contributed by atoms with van der Waals surface area (Å²) in [5, 5.41) is 8.79. The van der Waals surface area contributed by atoms with Crippen molar-refractivity contribution in [1.82, 2.24) is 9.13 Å². The van der Waals surface area contributed by atoms with Crippen molar-refractivity contribution in [3.8, 4) is 5.69 Å². The standard InChI is InChI=1S/C20H13ClF3N3O5S2/c1-25-14-6-5-11(7-15(14)33-34(25)32)26-9-12(18(29)30)17(28)27(19(26)31)8-10-3-2-4-13(16(10)21)20(22,23)24/h2-7,9H,8H2,1H3,(H,29,30). The lowest BCUT2D eigenvalue weighted by molar-refractivity contribution is -0.137. The van der Waals surface area contributed by atoms with Gasteiger partial charge in [-0.2, -0.15) is 13.2 Å². The van der Waals surface area contributed by atoms with E-state index in [1.54, 1.807) is 13.1 Å². The molecule has 0 fully saturated rings. The molecule has 1 unspecified atom stereocenters. The van der Waals surface area contributed by atoms with Gasteiger partial charge in [-0.15, -0.1) is 0 Å². The largest absolute Gasteiger partial charge is 0.477 e. The van der Waals surface area contributed by atoms with Crippen molar-refractivity contribution in [2.24, 2.45) is 0 Å². The maximum Gasteiger partial charge on any atom is 0.417 e. The number of fused-ring (bicyclic) bond motifs is 1. The molecule has 2 heterocycles. The number of benzene rings is 2. The summed E-state index contributed by atoms with van der Waals surface area (Å²) in [4.78, 5) is 38.2. The molecule has 0 saturated heterocycles. The molecular weight excluding hydrogens is 519 g/mol. The number of aromatic nitrogens is 2. The number of alkyl halides is 3. The monoisotopic (exact) mass is 531 g/mol. The molecule has 0 radical (unpaired) electrons.